The summed E-state index contributed by atoms with van der Waals surface area (Å²) in [4.78, 5) is 7.76. The first-order valence-electron chi connectivity index (χ1n) is 6.19. The second-order valence-corrected chi connectivity index (χ2v) is 4.73. The zero-order valence-corrected chi connectivity index (χ0v) is 9.69. The minimum absolute atomic E-state index is 0.262. The quantitative estimate of drug-likeness (QED) is 0.758. The summed E-state index contributed by atoms with van der Waals surface area (Å²) in [5, 5.41) is 12.7. The first kappa shape index (κ1) is 10.6. The molecule has 4 nitrogen and oxygen atoms in total. The normalized spacial score (nSPS) is 24.3. The fourth-order valence-corrected chi connectivity index (χ4v) is 2.64. The molecule has 1 aliphatic carbocycles. The van der Waals surface area contributed by atoms with Crippen molar-refractivity contribution in [1.29, 1.82) is 0 Å². The van der Waals surface area contributed by atoms with E-state index >= 15 is 0 Å². The number of aromatic amines is 1. The predicted octanol–water partition coefficient (Wildman–Crippen LogP) is 2.14. The number of nitrogens with one attached hydrogen (secondary N) is 2. The van der Waals surface area contributed by atoms with Gasteiger partial charge < -0.3 is 15.4 Å². The number of nitrogens with zero attached hydrogens (tertiary/aromatic N) is 1. The van der Waals surface area contributed by atoms with Crippen LogP contribution in [0.25, 0.3) is 11.0 Å². The zero-order valence-electron chi connectivity index (χ0n) is 9.69. The van der Waals surface area contributed by atoms with Gasteiger partial charge in [-0.2, -0.15) is 0 Å². The Balaban J connectivity index is 1.80. The lowest BCUT2D eigenvalue weighted by Crippen LogP contribution is -2.26. The van der Waals surface area contributed by atoms with Gasteiger partial charge in [-0.3, -0.25) is 0 Å². The van der Waals surface area contributed by atoms with Gasteiger partial charge in [0.1, 0.15) is 0 Å². The SMILES string of the molecule is OC[C@@H]1CCC[C@H]1Nc1nc2ccccc2[nH]1. The van der Waals surface area contributed by atoms with E-state index < -0.39 is 0 Å². The highest BCUT2D eigenvalue weighted by Gasteiger charge is 2.26. The van der Waals surface area contributed by atoms with Gasteiger partial charge in [0.25, 0.3) is 0 Å². The second kappa shape index (κ2) is 4.37. The molecule has 1 aromatic carbocycles. The van der Waals surface area contributed by atoms with Gasteiger partial charge >= 0.3 is 0 Å². The molecule has 1 fully saturated rings. The Labute approximate surface area is 100 Å². The molecule has 0 unspecified atom stereocenters. The highest BCUT2D eigenvalue weighted by molar-refractivity contribution is 5.77. The Hall–Kier alpha value is -1.55. The number of H-pyrrole nitrogens is 1. The molecule has 17 heavy (non-hydrogen) atoms. The highest BCUT2D eigenvalue weighted by atomic mass is 16.3. The molecule has 90 valence electrons. The van der Waals surface area contributed by atoms with E-state index in [0.29, 0.717) is 12.0 Å². The smallest absolute Gasteiger partial charge is 0.201 e. The Morgan fingerprint density at radius 3 is 3.06 bits per heavy atom. The van der Waals surface area contributed by atoms with Crippen LogP contribution in [0.5, 0.6) is 0 Å². The molecule has 2 aromatic rings. The Bertz CT molecular complexity index is 475. The van der Waals surface area contributed by atoms with Crippen molar-refractivity contribution in [2.24, 2.45) is 5.92 Å². The number of fused-ring (bicyclic) bond motifs is 1. The van der Waals surface area contributed by atoms with E-state index in [1.807, 2.05) is 24.3 Å². The number of benzene rings is 1. The maximum atomic E-state index is 9.28. The summed E-state index contributed by atoms with van der Waals surface area (Å²) in [6, 6.07) is 8.34. The van der Waals surface area contributed by atoms with Gasteiger partial charge in [-0.15, -0.1) is 0 Å². The minimum atomic E-state index is 0.262. The molecule has 0 aliphatic heterocycles. The van der Waals surface area contributed by atoms with Crippen molar-refractivity contribution in [2.75, 3.05) is 11.9 Å². The molecule has 3 N–H and O–H groups in total. The summed E-state index contributed by atoms with van der Waals surface area (Å²) >= 11 is 0. The van der Waals surface area contributed by atoms with Gasteiger partial charge in [0.15, 0.2) is 0 Å². The van der Waals surface area contributed by atoms with E-state index in [2.05, 4.69) is 15.3 Å². The Morgan fingerprint density at radius 2 is 2.24 bits per heavy atom. The fraction of sp³-hybridized carbons (Fsp3) is 0.462. The number of hydrogen-bond donors (Lipinski definition) is 3. The van der Waals surface area contributed by atoms with Crippen molar-refractivity contribution in [1.82, 2.24) is 9.97 Å². The molecule has 1 aliphatic rings. The fourth-order valence-electron chi connectivity index (χ4n) is 2.64. The van der Waals surface area contributed by atoms with Crippen LogP contribution in [-0.4, -0.2) is 27.7 Å². The van der Waals surface area contributed by atoms with E-state index in [-0.39, 0.29) is 6.61 Å². The third-order valence-electron chi connectivity index (χ3n) is 3.61. The molecule has 1 saturated carbocycles. The first-order valence-corrected chi connectivity index (χ1v) is 6.19. The minimum Gasteiger partial charge on any atom is -0.396 e. The number of anilines is 1. The molecule has 0 radical (unpaired) electrons. The highest BCUT2D eigenvalue weighted by Crippen LogP contribution is 2.27. The predicted molar refractivity (Wildman–Crippen MR) is 67.9 cm³/mol. The van der Waals surface area contributed by atoms with Crippen molar-refractivity contribution in [2.45, 2.75) is 25.3 Å². The van der Waals surface area contributed by atoms with Crippen molar-refractivity contribution in [3.63, 3.8) is 0 Å². The third-order valence-corrected chi connectivity index (χ3v) is 3.61. The third kappa shape index (κ3) is 2.00. The Kier molecular flexibility index (Phi) is 2.73. The van der Waals surface area contributed by atoms with Gasteiger partial charge in [-0.25, -0.2) is 4.98 Å². The van der Waals surface area contributed by atoms with Crippen LogP contribution < -0.4 is 5.32 Å². The van der Waals surface area contributed by atoms with Crippen LogP contribution in [0.3, 0.4) is 0 Å². The van der Waals surface area contributed by atoms with Crippen molar-refractivity contribution < 1.29 is 5.11 Å². The van der Waals surface area contributed by atoms with Crippen LogP contribution in [0.1, 0.15) is 19.3 Å². The maximum absolute atomic E-state index is 9.28. The van der Waals surface area contributed by atoms with Gasteiger partial charge in [0, 0.05) is 18.6 Å². The molecule has 4 heteroatoms. The number of hydrogen-bond acceptors (Lipinski definition) is 3. The van der Waals surface area contributed by atoms with Crippen molar-refractivity contribution in [3.8, 4) is 0 Å². The van der Waals surface area contributed by atoms with Crippen LogP contribution in [0.15, 0.2) is 24.3 Å². The molecular formula is C13H17N3O. The summed E-state index contributed by atoms with van der Waals surface area (Å²) in [7, 11) is 0. The molecule has 0 saturated heterocycles. The number of imidazole rings is 1. The molecule has 0 amide bonds. The molecule has 1 aromatic heterocycles. The summed E-state index contributed by atoms with van der Waals surface area (Å²) < 4.78 is 0. The molecule has 0 bridgehead atoms. The van der Waals surface area contributed by atoms with E-state index in [9.17, 15) is 5.11 Å². The van der Waals surface area contributed by atoms with Gasteiger partial charge in [-0.1, -0.05) is 18.6 Å². The van der Waals surface area contributed by atoms with Crippen molar-refractivity contribution in [3.05, 3.63) is 24.3 Å². The summed E-state index contributed by atoms with van der Waals surface area (Å²) in [6.07, 6.45) is 3.40. The molecular weight excluding hydrogens is 214 g/mol. The number of rotatable bonds is 3. The second-order valence-electron chi connectivity index (χ2n) is 4.73. The van der Waals surface area contributed by atoms with Crippen LogP contribution in [0, 0.1) is 5.92 Å². The van der Waals surface area contributed by atoms with E-state index in [1.54, 1.807) is 0 Å². The average Bonchev–Trinajstić information content (AvgIpc) is 2.94. The zero-order chi connectivity index (χ0) is 11.7. The lowest BCUT2D eigenvalue weighted by atomic mass is 10.1. The summed E-state index contributed by atoms with van der Waals surface area (Å²) in [5.74, 6) is 1.18. The van der Waals surface area contributed by atoms with Crippen LogP contribution in [-0.2, 0) is 0 Å². The summed E-state index contributed by atoms with van der Waals surface area (Å²) in [5.41, 5.74) is 2.03. The number of aliphatic hydroxyl groups excluding tert-OH is 1. The van der Waals surface area contributed by atoms with E-state index in [0.717, 1.165) is 29.8 Å². The maximum Gasteiger partial charge on any atom is 0.201 e. The van der Waals surface area contributed by atoms with Gasteiger partial charge in [-0.05, 0) is 25.0 Å². The van der Waals surface area contributed by atoms with Gasteiger partial charge in [0.05, 0.1) is 11.0 Å². The largest absolute Gasteiger partial charge is 0.396 e. The topological polar surface area (TPSA) is 60.9 Å². The molecule has 2 atom stereocenters. The number of aromatic nitrogens is 2. The van der Waals surface area contributed by atoms with Crippen LogP contribution in [0.2, 0.25) is 0 Å². The van der Waals surface area contributed by atoms with E-state index in [1.165, 1.54) is 6.42 Å². The lowest BCUT2D eigenvalue weighted by molar-refractivity contribution is 0.222. The number of para-hydroxylation sites is 2. The first-order chi connectivity index (χ1) is 8.36. The number of aliphatic hydroxyl groups is 1. The summed E-state index contributed by atoms with van der Waals surface area (Å²) in [6.45, 7) is 0.262. The van der Waals surface area contributed by atoms with Gasteiger partial charge in [0.2, 0.25) is 5.95 Å². The Morgan fingerprint density at radius 1 is 1.35 bits per heavy atom. The molecule has 1 heterocycles. The van der Waals surface area contributed by atoms with Crippen molar-refractivity contribution >= 4 is 17.0 Å². The lowest BCUT2D eigenvalue weighted by Gasteiger charge is -2.18. The van der Waals surface area contributed by atoms with E-state index in [4.69, 9.17) is 0 Å². The average molecular weight is 231 g/mol. The van der Waals surface area contributed by atoms with Crippen LogP contribution in [0.4, 0.5) is 5.95 Å². The van der Waals surface area contributed by atoms with Crippen LogP contribution >= 0.6 is 0 Å². The monoisotopic (exact) mass is 231 g/mol. The standard InChI is InChI=1S/C13H17N3O/c17-8-9-4-3-7-10(9)14-13-15-11-5-1-2-6-12(11)16-13/h1-2,5-6,9-10,17H,3-4,7-8H2,(H2,14,15,16)/t9-,10+/m0/s1. The molecule has 0 spiro atoms. The molecule has 3 rings (SSSR count).